The number of ketones is 1. The highest BCUT2D eigenvalue weighted by molar-refractivity contribution is 8.37. The molecule has 304 valence electrons. The first-order chi connectivity index (χ1) is 26.3. The number of aldehydes is 1. The predicted octanol–water partition coefficient (Wildman–Crippen LogP) is 1.93. The van der Waals surface area contributed by atoms with Crippen molar-refractivity contribution in [2.24, 2.45) is 5.11 Å². The minimum Gasteiger partial charge on any atom is -0.481 e. The van der Waals surface area contributed by atoms with E-state index in [1.807, 2.05) is 0 Å². The van der Waals surface area contributed by atoms with E-state index in [4.69, 9.17) is 25.0 Å². The molecule has 24 heteroatoms. The molecular weight excluding hydrogens is 783 g/mol. The molecule has 8 atom stereocenters. The number of aromatic nitrogens is 2. The number of carboxylic acids is 2. The Kier molecular flexibility index (Phi) is 23.0. The maximum Gasteiger partial charge on any atom is 0.351 e. The molecule has 1 saturated heterocycles. The molecule has 1 aromatic rings. The first kappa shape index (κ1) is 47.2. The fourth-order valence-corrected chi connectivity index (χ4v) is 6.93. The molecule has 1 aromatic heterocycles. The molecule has 0 spiro atoms. The molecule has 0 saturated carbocycles. The van der Waals surface area contributed by atoms with E-state index in [1.165, 1.54) is 16.8 Å². The van der Waals surface area contributed by atoms with Crippen molar-refractivity contribution in [2.45, 2.75) is 108 Å². The molecule has 1 aliphatic rings. The zero-order valence-corrected chi connectivity index (χ0v) is 33.2. The summed E-state index contributed by atoms with van der Waals surface area (Å²) in [6.07, 6.45) is 3.21. The van der Waals surface area contributed by atoms with Crippen LogP contribution in [0.5, 0.6) is 0 Å². The molecular formula is C31H48N9O12P3. The van der Waals surface area contributed by atoms with Gasteiger partial charge in [-0.2, -0.15) is 4.98 Å². The summed E-state index contributed by atoms with van der Waals surface area (Å²) < 4.78 is 12.8. The van der Waals surface area contributed by atoms with Crippen LogP contribution in [0.4, 0.5) is 5.82 Å². The Bertz CT molecular complexity index is 1580. The van der Waals surface area contributed by atoms with Crippen LogP contribution in [0, 0.1) is 0 Å². The van der Waals surface area contributed by atoms with Crippen LogP contribution in [-0.4, -0.2) is 105 Å². The summed E-state index contributed by atoms with van der Waals surface area (Å²) in [5.41, 5.74) is 8.39. The van der Waals surface area contributed by atoms with Crippen molar-refractivity contribution in [3.63, 3.8) is 0 Å². The standard InChI is InChI=1S/C31H48N9O12P3/c32-39-38-19(6-9-26(44)36-24-11-13-40(31(50)37-24)27-10-7-22(52-27)18-51-54-55-53)5-8-25(43)33-12-3-1-2-4-21(42)16-34-23(15-29(47)48)30(49)35-20(17-41)14-28(45)46/h11,13,17,19-20,22-23,27,34,54-55H,1-10,12,14-16,18,53H2,(H,33,43)(H,35,49)(H,45,46)(H,47,48)(H,36,37,44,50)/t19?,20-,22-,23-,27+/m0/s1. The lowest BCUT2D eigenvalue weighted by atomic mass is 10.1. The van der Waals surface area contributed by atoms with Gasteiger partial charge in [0.15, 0.2) is 0 Å². The van der Waals surface area contributed by atoms with E-state index >= 15 is 0 Å². The highest BCUT2D eigenvalue weighted by atomic mass is 32.4. The van der Waals surface area contributed by atoms with Gasteiger partial charge in [-0.25, -0.2) is 4.79 Å². The molecule has 21 nitrogen and oxygen atoms in total. The molecule has 0 radical (unpaired) electrons. The van der Waals surface area contributed by atoms with Gasteiger partial charge >= 0.3 is 17.6 Å². The Hall–Kier alpha value is -3.95. The normalized spacial score (nSPS) is 17.0. The third-order valence-electron chi connectivity index (χ3n) is 8.10. The van der Waals surface area contributed by atoms with E-state index in [0.717, 1.165) is 6.42 Å². The molecule has 6 N–H and O–H groups in total. The Labute approximate surface area is 321 Å². The summed E-state index contributed by atoms with van der Waals surface area (Å²) in [5.74, 6) is -4.57. The third-order valence-corrected chi connectivity index (χ3v) is 10.4. The lowest BCUT2D eigenvalue weighted by Gasteiger charge is -2.18. The molecule has 2 rings (SSSR count). The van der Waals surface area contributed by atoms with E-state index in [9.17, 15) is 38.4 Å². The van der Waals surface area contributed by atoms with Crippen LogP contribution in [0.2, 0.25) is 0 Å². The number of ether oxygens (including phenoxy) is 1. The van der Waals surface area contributed by atoms with Crippen molar-refractivity contribution in [1.82, 2.24) is 25.5 Å². The minimum atomic E-state index is -1.36. The van der Waals surface area contributed by atoms with E-state index in [-0.39, 0.29) is 68.5 Å². The number of carboxylic acid groups (broad SMARTS) is 2. The van der Waals surface area contributed by atoms with Gasteiger partial charge in [-0.05, 0) is 50.1 Å². The largest absolute Gasteiger partial charge is 0.481 e. The fourth-order valence-electron chi connectivity index (χ4n) is 5.33. The van der Waals surface area contributed by atoms with Crippen molar-refractivity contribution in [2.75, 3.05) is 25.0 Å². The van der Waals surface area contributed by atoms with Gasteiger partial charge in [0.25, 0.3) is 0 Å². The van der Waals surface area contributed by atoms with Gasteiger partial charge in [0.1, 0.15) is 24.1 Å². The average Bonchev–Trinajstić information content (AvgIpc) is 3.60. The van der Waals surface area contributed by atoms with Crippen molar-refractivity contribution in [3.05, 3.63) is 33.2 Å². The topological polar surface area (TPSA) is 310 Å². The first-order valence-corrected chi connectivity index (χ1v) is 22.2. The van der Waals surface area contributed by atoms with Crippen LogP contribution in [0.1, 0.15) is 83.3 Å². The average molecular weight is 832 g/mol. The quantitative estimate of drug-likeness (QED) is 0.0168. The Morgan fingerprint density at radius 2 is 1.82 bits per heavy atom. The lowest BCUT2D eigenvalue weighted by molar-refractivity contribution is -0.141. The van der Waals surface area contributed by atoms with Crippen LogP contribution >= 0.6 is 25.4 Å². The first-order valence-electron chi connectivity index (χ1n) is 17.5. The Balaban J connectivity index is 1.65. The molecule has 2 heterocycles. The van der Waals surface area contributed by atoms with Crippen molar-refractivity contribution in [3.8, 4) is 0 Å². The number of hydrogen-bond donors (Lipinski definition) is 6. The van der Waals surface area contributed by atoms with E-state index in [2.05, 4.69) is 45.2 Å². The van der Waals surface area contributed by atoms with Gasteiger partial charge in [-0.1, -0.05) is 19.5 Å². The maximum atomic E-state index is 12.6. The molecule has 1 fully saturated rings. The summed E-state index contributed by atoms with van der Waals surface area (Å²) in [6.45, 7) is 0.459. The molecule has 0 bridgehead atoms. The number of carbonyl (C=O) groups excluding carboxylic acids is 5. The number of azide groups is 1. The summed E-state index contributed by atoms with van der Waals surface area (Å²) >= 11 is 0. The van der Waals surface area contributed by atoms with Gasteiger partial charge in [0, 0.05) is 51.5 Å². The van der Waals surface area contributed by atoms with Gasteiger partial charge < -0.3 is 40.2 Å². The second-order valence-electron chi connectivity index (χ2n) is 12.4. The maximum absolute atomic E-state index is 12.6. The fraction of sp³-hybridized carbons (Fsp3) is 0.645. The number of nitrogens with zero attached hydrogens (tertiary/aromatic N) is 5. The number of nitrogens with one attached hydrogen (secondary N) is 4. The van der Waals surface area contributed by atoms with Gasteiger partial charge in [0.2, 0.25) is 17.7 Å². The minimum absolute atomic E-state index is 0.0405. The van der Waals surface area contributed by atoms with Crippen LogP contribution in [0.3, 0.4) is 0 Å². The van der Waals surface area contributed by atoms with Crippen LogP contribution < -0.4 is 27.0 Å². The number of rotatable bonds is 29. The van der Waals surface area contributed by atoms with Crippen LogP contribution in [0.15, 0.2) is 22.2 Å². The number of unbranched alkanes of at least 4 members (excludes halogenated alkanes) is 2. The molecule has 0 aromatic carbocycles. The van der Waals surface area contributed by atoms with Gasteiger partial charge in [-0.3, -0.25) is 38.7 Å². The zero-order valence-electron chi connectivity index (χ0n) is 30.0. The van der Waals surface area contributed by atoms with Crippen molar-refractivity contribution in [1.29, 1.82) is 0 Å². The van der Waals surface area contributed by atoms with E-state index in [1.54, 1.807) is 0 Å². The van der Waals surface area contributed by atoms with Crippen molar-refractivity contribution < 1.29 is 53.0 Å². The SMILES string of the molecule is [N-]=[N+]=NC(CCC(=O)NCCCCCC(=O)CN[C@@H](CC(=O)O)C(=O)N[C@H](C=O)CC(=O)O)CCC(=O)Nc1ccn([C@H]2CC[C@@H](COPPP)O2)c(=O)n1. The number of carbonyl (C=O) groups is 7. The van der Waals surface area contributed by atoms with Crippen molar-refractivity contribution >= 4 is 72.9 Å². The van der Waals surface area contributed by atoms with Crippen LogP contribution in [-0.2, 0) is 42.8 Å². The molecule has 1 aliphatic heterocycles. The molecule has 3 amide bonds. The summed E-state index contributed by atoms with van der Waals surface area (Å²) in [6, 6.07) is -1.85. The predicted molar refractivity (Wildman–Crippen MR) is 205 cm³/mol. The van der Waals surface area contributed by atoms with E-state index in [0.29, 0.717) is 55.3 Å². The zero-order chi connectivity index (χ0) is 40.6. The monoisotopic (exact) mass is 831 g/mol. The number of hydrogen-bond acceptors (Lipinski definition) is 13. The molecule has 4 unspecified atom stereocenters. The highest BCUT2D eigenvalue weighted by Crippen LogP contribution is 2.44. The van der Waals surface area contributed by atoms with Crippen LogP contribution in [0.25, 0.3) is 10.4 Å². The Morgan fingerprint density at radius 1 is 1.09 bits per heavy atom. The summed E-state index contributed by atoms with van der Waals surface area (Å²) in [4.78, 5) is 102. The number of Topliss-reactive ketones (excluding diaryl/α,β-unsaturated/α-hetero) is 1. The number of anilines is 1. The second-order valence-corrected chi connectivity index (χ2v) is 17.3. The van der Waals surface area contributed by atoms with Gasteiger partial charge in [-0.15, -0.1) is 8.93 Å². The van der Waals surface area contributed by atoms with Gasteiger partial charge in [0.05, 0.1) is 44.2 Å². The smallest absolute Gasteiger partial charge is 0.351 e. The van der Waals surface area contributed by atoms with E-state index < -0.39 is 66.6 Å². The highest BCUT2D eigenvalue weighted by Gasteiger charge is 2.28. The lowest BCUT2D eigenvalue weighted by Crippen LogP contribution is -2.50. The second kappa shape index (κ2) is 26.8. The number of aliphatic carboxylic acids is 2. The third kappa shape index (κ3) is 20.0. The molecule has 55 heavy (non-hydrogen) atoms. The summed E-state index contributed by atoms with van der Waals surface area (Å²) in [5, 5.41) is 31.6. The molecule has 0 aliphatic carbocycles. The summed E-state index contributed by atoms with van der Waals surface area (Å²) in [7, 11) is 3.64. The number of amides is 3. The Morgan fingerprint density at radius 3 is 2.47 bits per heavy atom.